The van der Waals surface area contributed by atoms with Crippen LogP contribution in [0, 0.1) is 0 Å². The number of hydrogen-bond donors (Lipinski definition) is 2. The molecule has 6 heteroatoms. The van der Waals surface area contributed by atoms with Crippen molar-refractivity contribution in [2.75, 3.05) is 25.4 Å². The fraction of sp³-hybridized carbons (Fsp3) is 0.714. The van der Waals surface area contributed by atoms with E-state index in [0.29, 0.717) is 6.54 Å². The predicted octanol–water partition coefficient (Wildman–Crippen LogP) is 0.164. The predicted molar refractivity (Wildman–Crippen MR) is 52.9 cm³/mol. The summed E-state index contributed by atoms with van der Waals surface area (Å²) in [5, 5.41) is 3.99. The van der Waals surface area contributed by atoms with Gasteiger partial charge in [0.05, 0.1) is 6.54 Å². The van der Waals surface area contributed by atoms with E-state index in [1.807, 2.05) is 0 Å². The van der Waals surface area contributed by atoms with E-state index in [9.17, 15) is 4.79 Å². The van der Waals surface area contributed by atoms with Gasteiger partial charge in [-0.1, -0.05) is 11.8 Å². The van der Waals surface area contributed by atoms with Gasteiger partial charge >= 0.3 is 6.09 Å². The Labute approximate surface area is 81.1 Å². The van der Waals surface area contributed by atoms with Crippen molar-refractivity contribution in [2.45, 2.75) is 6.42 Å². The van der Waals surface area contributed by atoms with Crippen molar-refractivity contribution < 1.29 is 9.53 Å². The molecule has 3 N–H and O–H groups in total. The molecule has 0 unspecified atom stereocenters. The van der Waals surface area contributed by atoms with Gasteiger partial charge in [0, 0.05) is 12.3 Å². The highest BCUT2D eigenvalue weighted by Crippen LogP contribution is 2.09. The van der Waals surface area contributed by atoms with Gasteiger partial charge in [-0.05, 0) is 6.42 Å². The van der Waals surface area contributed by atoms with Crippen molar-refractivity contribution >= 4 is 23.0 Å². The molecule has 0 spiro atoms. The lowest BCUT2D eigenvalue weighted by atomic mass is 10.5. The molecule has 13 heavy (non-hydrogen) atoms. The molecule has 0 saturated heterocycles. The number of amides is 1. The molecule has 1 rings (SSSR count). The third-order valence-corrected chi connectivity index (χ3v) is 2.46. The van der Waals surface area contributed by atoms with Crippen LogP contribution in [0.15, 0.2) is 4.99 Å². The summed E-state index contributed by atoms with van der Waals surface area (Å²) in [4.78, 5) is 14.4. The van der Waals surface area contributed by atoms with E-state index in [1.54, 1.807) is 11.8 Å². The van der Waals surface area contributed by atoms with Crippen molar-refractivity contribution in [3.8, 4) is 0 Å². The minimum atomic E-state index is -0.736. The van der Waals surface area contributed by atoms with E-state index in [2.05, 4.69) is 15.0 Å². The smallest absolute Gasteiger partial charge is 0.404 e. The number of carbonyl (C=O) groups is 1. The van der Waals surface area contributed by atoms with Crippen molar-refractivity contribution in [2.24, 2.45) is 10.7 Å². The van der Waals surface area contributed by atoms with Gasteiger partial charge in [-0.15, -0.1) is 0 Å². The van der Waals surface area contributed by atoms with E-state index in [0.717, 1.165) is 23.9 Å². The van der Waals surface area contributed by atoms with Crippen LogP contribution >= 0.6 is 11.8 Å². The van der Waals surface area contributed by atoms with Gasteiger partial charge in [0.1, 0.15) is 6.61 Å². The minimum Gasteiger partial charge on any atom is -0.448 e. The van der Waals surface area contributed by atoms with E-state index in [1.165, 1.54) is 0 Å². The third-order valence-electron chi connectivity index (χ3n) is 1.42. The summed E-state index contributed by atoms with van der Waals surface area (Å²) >= 11 is 1.69. The number of nitrogens with two attached hydrogens (primary N) is 1. The van der Waals surface area contributed by atoms with Gasteiger partial charge in [0.2, 0.25) is 0 Å². The minimum absolute atomic E-state index is 0.287. The van der Waals surface area contributed by atoms with Gasteiger partial charge in [0.25, 0.3) is 0 Å². The first-order valence-electron chi connectivity index (χ1n) is 4.12. The lowest BCUT2D eigenvalue weighted by Crippen LogP contribution is -2.28. The maximum Gasteiger partial charge on any atom is 0.404 e. The van der Waals surface area contributed by atoms with Crippen LogP contribution in [0.4, 0.5) is 4.79 Å². The molecule has 0 radical (unpaired) electrons. The summed E-state index contributed by atoms with van der Waals surface area (Å²) in [5.41, 5.74) is 4.79. The van der Waals surface area contributed by atoms with Crippen LogP contribution in [0.1, 0.15) is 6.42 Å². The van der Waals surface area contributed by atoms with Crippen LogP contribution in [0.5, 0.6) is 0 Å². The van der Waals surface area contributed by atoms with E-state index in [-0.39, 0.29) is 6.61 Å². The Morgan fingerprint density at radius 2 is 2.62 bits per heavy atom. The Bertz CT molecular complexity index is 208. The summed E-state index contributed by atoms with van der Waals surface area (Å²) in [6.07, 6.45) is 0.396. The number of rotatable bonds is 3. The van der Waals surface area contributed by atoms with Crippen LogP contribution in [-0.4, -0.2) is 36.7 Å². The highest BCUT2D eigenvalue weighted by Gasteiger charge is 2.04. The molecule has 0 aromatic heterocycles. The Hall–Kier alpha value is -0.910. The molecule has 1 heterocycles. The molecule has 74 valence electrons. The number of nitrogens with one attached hydrogen (secondary N) is 1. The second-order valence-corrected chi connectivity index (χ2v) is 3.57. The molecule has 1 aliphatic rings. The molecule has 1 amide bonds. The molecule has 0 saturated carbocycles. The highest BCUT2D eigenvalue weighted by molar-refractivity contribution is 8.13. The maximum absolute atomic E-state index is 10.2. The van der Waals surface area contributed by atoms with Gasteiger partial charge in [-0.2, -0.15) is 0 Å². The molecule has 0 fully saturated rings. The molecule has 5 nitrogen and oxygen atoms in total. The lowest BCUT2D eigenvalue weighted by molar-refractivity contribution is 0.159. The third kappa shape index (κ3) is 4.62. The molecular formula is C7H13N3O2S. The van der Waals surface area contributed by atoms with Gasteiger partial charge in [-0.25, -0.2) is 4.79 Å². The van der Waals surface area contributed by atoms with Crippen molar-refractivity contribution in [1.82, 2.24) is 5.32 Å². The van der Waals surface area contributed by atoms with Gasteiger partial charge in [-0.3, -0.25) is 4.99 Å². The van der Waals surface area contributed by atoms with Crippen molar-refractivity contribution in [1.29, 1.82) is 0 Å². The number of primary amides is 1. The summed E-state index contributed by atoms with van der Waals surface area (Å²) in [6, 6.07) is 0. The summed E-state index contributed by atoms with van der Waals surface area (Å²) in [6.45, 7) is 1.73. The summed E-state index contributed by atoms with van der Waals surface area (Å²) in [5.74, 6) is 1.10. The summed E-state index contributed by atoms with van der Waals surface area (Å²) in [7, 11) is 0. The number of thioether (sulfide) groups is 1. The number of carbonyl (C=O) groups excluding carboxylic acids is 1. The largest absolute Gasteiger partial charge is 0.448 e. The van der Waals surface area contributed by atoms with Crippen molar-refractivity contribution in [3.63, 3.8) is 0 Å². The van der Waals surface area contributed by atoms with E-state index in [4.69, 9.17) is 5.73 Å². The van der Waals surface area contributed by atoms with Crippen LogP contribution in [0.3, 0.4) is 0 Å². The van der Waals surface area contributed by atoms with E-state index >= 15 is 0 Å². The number of hydrogen-bond acceptors (Lipinski definition) is 5. The quantitative estimate of drug-likeness (QED) is 0.641. The molecule has 0 aliphatic carbocycles. The fourth-order valence-corrected chi connectivity index (χ4v) is 1.73. The maximum atomic E-state index is 10.2. The van der Waals surface area contributed by atoms with E-state index < -0.39 is 6.09 Å². The monoisotopic (exact) mass is 203 g/mol. The van der Waals surface area contributed by atoms with Crippen LogP contribution < -0.4 is 11.1 Å². The molecule has 0 atom stereocenters. The molecule has 1 aliphatic heterocycles. The number of ether oxygens (including phenoxy) is 1. The fourth-order valence-electron chi connectivity index (χ4n) is 0.876. The summed E-state index contributed by atoms with van der Waals surface area (Å²) < 4.78 is 4.55. The second-order valence-electron chi connectivity index (χ2n) is 2.48. The van der Waals surface area contributed by atoms with Crippen LogP contribution in [0.25, 0.3) is 0 Å². The Morgan fingerprint density at radius 1 is 1.77 bits per heavy atom. The average molecular weight is 203 g/mol. The first-order valence-corrected chi connectivity index (χ1v) is 5.11. The average Bonchev–Trinajstić information content (AvgIpc) is 2.14. The zero-order valence-corrected chi connectivity index (χ0v) is 8.10. The topological polar surface area (TPSA) is 76.7 Å². The molecular weight excluding hydrogens is 190 g/mol. The molecule has 0 aromatic carbocycles. The zero-order chi connectivity index (χ0) is 9.52. The second kappa shape index (κ2) is 5.69. The Balaban J connectivity index is 2.04. The van der Waals surface area contributed by atoms with Gasteiger partial charge in [0.15, 0.2) is 5.17 Å². The SMILES string of the molecule is NC(=O)OCCNC1=NCCCS1. The van der Waals surface area contributed by atoms with Crippen molar-refractivity contribution in [3.05, 3.63) is 0 Å². The zero-order valence-electron chi connectivity index (χ0n) is 7.28. The lowest BCUT2D eigenvalue weighted by Gasteiger charge is -2.12. The highest BCUT2D eigenvalue weighted by atomic mass is 32.2. The Kier molecular flexibility index (Phi) is 4.45. The molecule has 0 aromatic rings. The normalized spacial score (nSPS) is 16.2. The number of nitrogens with zero attached hydrogens (tertiary/aromatic N) is 1. The van der Waals surface area contributed by atoms with Crippen LogP contribution in [-0.2, 0) is 4.74 Å². The number of aliphatic imine (C=N–C) groups is 1. The number of amidine groups is 1. The first kappa shape index (κ1) is 10.2. The van der Waals surface area contributed by atoms with Crippen LogP contribution in [0.2, 0.25) is 0 Å². The Morgan fingerprint density at radius 3 is 3.23 bits per heavy atom. The van der Waals surface area contributed by atoms with Gasteiger partial charge < -0.3 is 15.8 Å². The standard InChI is InChI=1S/C7H13N3O2S/c8-6(11)12-4-3-10-7-9-2-1-5-13-7/h1-5H2,(H2,8,11)(H,9,10). The molecule has 0 bridgehead atoms. The first-order chi connectivity index (χ1) is 6.29.